The molecule has 0 aromatic heterocycles. The molecule has 0 N–H and O–H groups in total. The van der Waals surface area contributed by atoms with Crippen LogP contribution in [0, 0.1) is 3.57 Å². The van der Waals surface area contributed by atoms with Gasteiger partial charge in [-0.15, -0.1) is 0 Å². The van der Waals surface area contributed by atoms with Crippen LogP contribution in [0.4, 0.5) is 0 Å². The second-order valence-corrected chi connectivity index (χ2v) is 6.33. The Morgan fingerprint density at radius 3 is 1.95 bits per heavy atom. The van der Waals surface area contributed by atoms with Gasteiger partial charge in [0.25, 0.3) is 0 Å². The molecule has 0 amide bonds. The summed E-state index contributed by atoms with van der Waals surface area (Å²) >= 11 is 2.42. The number of halogens is 1. The third-order valence-corrected chi connectivity index (χ3v) is 4.87. The number of benzene rings is 4. The first-order valence-electron chi connectivity index (χ1n) is 7.00. The van der Waals surface area contributed by atoms with Crippen molar-refractivity contribution in [1.29, 1.82) is 0 Å². The van der Waals surface area contributed by atoms with Crippen LogP contribution in [0.15, 0.2) is 78.9 Å². The average molecular weight is 380 g/mol. The molecule has 4 rings (SSSR count). The summed E-state index contributed by atoms with van der Waals surface area (Å²) in [6.07, 6.45) is 0. The summed E-state index contributed by atoms with van der Waals surface area (Å²) in [6.45, 7) is 0. The van der Waals surface area contributed by atoms with Crippen LogP contribution in [-0.2, 0) is 0 Å². The van der Waals surface area contributed by atoms with Gasteiger partial charge in [-0.1, -0.05) is 66.7 Å². The molecule has 0 unspecified atom stereocenters. The first-order valence-corrected chi connectivity index (χ1v) is 8.08. The number of fused-ring (bicyclic) bond motifs is 3. The topological polar surface area (TPSA) is 0 Å². The molecule has 21 heavy (non-hydrogen) atoms. The molecule has 0 bridgehead atoms. The molecule has 0 saturated heterocycles. The maximum absolute atomic E-state index is 2.42. The Balaban J connectivity index is 2.20. The normalized spacial score (nSPS) is 11.1. The maximum atomic E-state index is 2.42. The van der Waals surface area contributed by atoms with Crippen LogP contribution in [0.5, 0.6) is 0 Å². The Bertz CT molecular complexity index is 954. The van der Waals surface area contributed by atoms with Gasteiger partial charge in [0, 0.05) is 3.57 Å². The lowest BCUT2D eigenvalue weighted by Gasteiger charge is -2.12. The highest BCUT2D eigenvalue weighted by Crippen LogP contribution is 2.36. The smallest absolute Gasteiger partial charge is 0.0209 e. The molecule has 0 radical (unpaired) electrons. The van der Waals surface area contributed by atoms with E-state index in [9.17, 15) is 0 Å². The molecule has 0 aliphatic rings. The van der Waals surface area contributed by atoms with Crippen molar-refractivity contribution in [1.82, 2.24) is 0 Å². The van der Waals surface area contributed by atoms with Gasteiger partial charge in [0.2, 0.25) is 0 Å². The number of rotatable bonds is 1. The van der Waals surface area contributed by atoms with E-state index in [-0.39, 0.29) is 0 Å². The van der Waals surface area contributed by atoms with Crippen molar-refractivity contribution in [2.75, 3.05) is 0 Å². The van der Waals surface area contributed by atoms with Gasteiger partial charge >= 0.3 is 0 Å². The molecular formula is C20H13I. The van der Waals surface area contributed by atoms with Gasteiger partial charge in [-0.3, -0.25) is 0 Å². The molecule has 0 aliphatic heterocycles. The van der Waals surface area contributed by atoms with Gasteiger partial charge in [-0.25, -0.2) is 0 Å². The van der Waals surface area contributed by atoms with E-state index in [4.69, 9.17) is 0 Å². The second kappa shape index (κ2) is 5.15. The first kappa shape index (κ1) is 12.8. The first-order chi connectivity index (χ1) is 10.3. The van der Waals surface area contributed by atoms with Crippen molar-refractivity contribution in [3.63, 3.8) is 0 Å². The van der Waals surface area contributed by atoms with Crippen LogP contribution in [-0.4, -0.2) is 0 Å². The number of hydrogen-bond acceptors (Lipinski definition) is 0. The molecule has 0 atom stereocenters. The zero-order chi connectivity index (χ0) is 14.2. The Kier molecular flexibility index (Phi) is 3.15. The van der Waals surface area contributed by atoms with Crippen molar-refractivity contribution < 1.29 is 0 Å². The van der Waals surface area contributed by atoms with E-state index < -0.39 is 0 Å². The Hall–Kier alpha value is -1.87. The van der Waals surface area contributed by atoms with Crippen molar-refractivity contribution in [2.24, 2.45) is 0 Å². The predicted octanol–water partition coefficient (Wildman–Crippen LogP) is 6.26. The highest BCUT2D eigenvalue weighted by Gasteiger charge is 2.09. The van der Waals surface area contributed by atoms with Crippen LogP contribution in [0.1, 0.15) is 0 Å². The van der Waals surface area contributed by atoms with E-state index in [0.717, 1.165) is 0 Å². The zero-order valence-corrected chi connectivity index (χ0v) is 13.5. The minimum absolute atomic E-state index is 1.29. The molecule has 1 heteroatoms. The molecule has 0 aliphatic carbocycles. The van der Waals surface area contributed by atoms with Crippen LogP contribution >= 0.6 is 22.6 Å². The highest BCUT2D eigenvalue weighted by atomic mass is 127. The molecule has 0 saturated carbocycles. The molecule has 0 nitrogen and oxygen atoms in total. The van der Waals surface area contributed by atoms with Gasteiger partial charge in [0.15, 0.2) is 0 Å². The summed E-state index contributed by atoms with van der Waals surface area (Å²) in [5.74, 6) is 0. The molecule has 4 aromatic rings. The number of hydrogen-bond donors (Lipinski definition) is 0. The van der Waals surface area contributed by atoms with Gasteiger partial charge < -0.3 is 0 Å². The summed E-state index contributed by atoms with van der Waals surface area (Å²) in [5.41, 5.74) is 2.62. The van der Waals surface area contributed by atoms with Crippen LogP contribution in [0.25, 0.3) is 32.7 Å². The minimum Gasteiger partial charge on any atom is -0.0616 e. The van der Waals surface area contributed by atoms with E-state index >= 15 is 0 Å². The van der Waals surface area contributed by atoms with E-state index in [1.807, 2.05) is 0 Å². The maximum Gasteiger partial charge on any atom is 0.0209 e. The lowest BCUT2D eigenvalue weighted by atomic mass is 9.93. The van der Waals surface area contributed by atoms with Crippen molar-refractivity contribution >= 4 is 44.1 Å². The standard InChI is InChI=1S/C20H13I/c21-20-12-6-5-11-18(20)19-13-14-7-1-2-8-15(14)16-9-3-4-10-17(16)19/h1-13H. The van der Waals surface area contributed by atoms with Crippen LogP contribution in [0.3, 0.4) is 0 Å². The van der Waals surface area contributed by atoms with E-state index in [0.29, 0.717) is 0 Å². The molecule has 0 fully saturated rings. The largest absolute Gasteiger partial charge is 0.0616 e. The third kappa shape index (κ3) is 2.12. The van der Waals surface area contributed by atoms with Gasteiger partial charge in [-0.2, -0.15) is 0 Å². The molecule has 0 heterocycles. The summed E-state index contributed by atoms with van der Waals surface area (Å²) < 4.78 is 1.29. The zero-order valence-electron chi connectivity index (χ0n) is 11.4. The minimum atomic E-state index is 1.29. The SMILES string of the molecule is Ic1ccccc1-c1cc2ccccc2c2ccccc12. The van der Waals surface area contributed by atoms with E-state index in [1.54, 1.807) is 0 Å². The van der Waals surface area contributed by atoms with Crippen LogP contribution in [0.2, 0.25) is 0 Å². The summed E-state index contributed by atoms with van der Waals surface area (Å²) in [5, 5.41) is 5.26. The summed E-state index contributed by atoms with van der Waals surface area (Å²) in [7, 11) is 0. The second-order valence-electron chi connectivity index (χ2n) is 5.17. The Morgan fingerprint density at radius 1 is 0.524 bits per heavy atom. The molecule has 0 spiro atoms. The fourth-order valence-electron chi connectivity index (χ4n) is 2.96. The third-order valence-electron chi connectivity index (χ3n) is 3.93. The van der Waals surface area contributed by atoms with E-state index in [2.05, 4.69) is 101 Å². The highest BCUT2D eigenvalue weighted by molar-refractivity contribution is 14.1. The van der Waals surface area contributed by atoms with E-state index in [1.165, 1.54) is 36.2 Å². The fourth-order valence-corrected chi connectivity index (χ4v) is 3.63. The lowest BCUT2D eigenvalue weighted by molar-refractivity contribution is 1.62. The predicted molar refractivity (Wildman–Crippen MR) is 99.6 cm³/mol. The van der Waals surface area contributed by atoms with Crippen molar-refractivity contribution in [2.45, 2.75) is 0 Å². The van der Waals surface area contributed by atoms with Crippen molar-refractivity contribution in [3.8, 4) is 11.1 Å². The average Bonchev–Trinajstić information content (AvgIpc) is 2.55. The molecule has 4 aromatic carbocycles. The lowest BCUT2D eigenvalue weighted by Crippen LogP contribution is -1.86. The fraction of sp³-hybridized carbons (Fsp3) is 0. The Labute approximate surface area is 137 Å². The quantitative estimate of drug-likeness (QED) is 0.270. The van der Waals surface area contributed by atoms with Crippen LogP contribution < -0.4 is 0 Å². The van der Waals surface area contributed by atoms with Gasteiger partial charge in [-0.05, 0) is 67.4 Å². The van der Waals surface area contributed by atoms with Gasteiger partial charge in [0.05, 0.1) is 0 Å². The van der Waals surface area contributed by atoms with Gasteiger partial charge in [0.1, 0.15) is 0 Å². The Morgan fingerprint density at radius 2 is 1.14 bits per heavy atom. The molecule has 100 valence electrons. The monoisotopic (exact) mass is 380 g/mol. The summed E-state index contributed by atoms with van der Waals surface area (Å²) in [4.78, 5) is 0. The summed E-state index contributed by atoms with van der Waals surface area (Å²) in [6, 6.07) is 28.2. The molecular weight excluding hydrogens is 367 g/mol. The van der Waals surface area contributed by atoms with Crippen molar-refractivity contribution in [3.05, 3.63) is 82.4 Å².